The first-order valence-corrected chi connectivity index (χ1v) is 7.88. The van der Waals surface area contributed by atoms with Crippen molar-refractivity contribution < 1.29 is 19.2 Å². The summed E-state index contributed by atoms with van der Waals surface area (Å²) in [6.45, 7) is 0.524. The monoisotopic (exact) mass is 358 g/mol. The number of hydrogen-bond donors (Lipinski definition) is 2. The van der Waals surface area contributed by atoms with E-state index >= 15 is 0 Å². The first-order chi connectivity index (χ1) is 12.1. The molecule has 128 valence electrons. The molecule has 1 amide bonds. The molecule has 6 nitrogen and oxygen atoms in total. The van der Waals surface area contributed by atoms with E-state index in [1.54, 1.807) is 6.07 Å². The van der Waals surface area contributed by atoms with Gasteiger partial charge < -0.3 is 19.7 Å². The second-order valence-electron chi connectivity index (χ2n) is 5.28. The normalized spacial score (nSPS) is 10.4. The average molecular weight is 359 g/mol. The largest absolute Gasteiger partial charge is 0.489 e. The maximum absolute atomic E-state index is 10.5. The summed E-state index contributed by atoms with van der Waals surface area (Å²) in [6, 6.07) is 16.6. The minimum atomic E-state index is -1.11. The summed E-state index contributed by atoms with van der Waals surface area (Å²) in [7, 11) is 0. The molecule has 0 unspecified atom stereocenters. The van der Waals surface area contributed by atoms with Crippen LogP contribution in [0.4, 0.5) is 4.79 Å². The summed E-state index contributed by atoms with van der Waals surface area (Å²) >= 11 is 5.85. The molecule has 1 heterocycles. The summed E-state index contributed by atoms with van der Waals surface area (Å²) in [5, 5.41) is 15.4. The SMILES string of the molecule is O=C(O)NCc1cc(-c2ccc(OCc3ccc(Cl)cc3)cc2)no1. The number of ether oxygens (including phenoxy) is 1. The van der Waals surface area contributed by atoms with Crippen LogP contribution in [0.3, 0.4) is 0 Å². The Balaban J connectivity index is 1.60. The van der Waals surface area contributed by atoms with Gasteiger partial charge in [0.05, 0.1) is 6.54 Å². The van der Waals surface area contributed by atoms with E-state index in [1.807, 2.05) is 48.5 Å². The number of benzene rings is 2. The fraction of sp³-hybridized carbons (Fsp3) is 0.111. The third kappa shape index (κ3) is 4.74. The van der Waals surface area contributed by atoms with Gasteiger partial charge in [0.25, 0.3) is 0 Å². The predicted octanol–water partition coefficient (Wildman–Crippen LogP) is 4.34. The van der Waals surface area contributed by atoms with Gasteiger partial charge in [-0.2, -0.15) is 0 Å². The Hall–Kier alpha value is -2.99. The lowest BCUT2D eigenvalue weighted by Crippen LogP contribution is -2.19. The molecule has 0 spiro atoms. The lowest BCUT2D eigenvalue weighted by atomic mass is 10.1. The molecule has 0 aliphatic rings. The highest BCUT2D eigenvalue weighted by molar-refractivity contribution is 6.30. The van der Waals surface area contributed by atoms with Crippen molar-refractivity contribution in [2.24, 2.45) is 0 Å². The van der Waals surface area contributed by atoms with Gasteiger partial charge >= 0.3 is 6.09 Å². The van der Waals surface area contributed by atoms with Crippen LogP contribution in [0.1, 0.15) is 11.3 Å². The molecule has 3 rings (SSSR count). The Kier molecular flexibility index (Phi) is 5.20. The minimum absolute atomic E-state index is 0.0740. The highest BCUT2D eigenvalue weighted by Crippen LogP contribution is 2.23. The molecule has 0 bridgehead atoms. The van der Waals surface area contributed by atoms with Gasteiger partial charge in [0, 0.05) is 16.7 Å². The molecule has 0 saturated heterocycles. The molecule has 3 aromatic rings. The molecule has 0 fully saturated rings. The van der Waals surface area contributed by atoms with E-state index in [9.17, 15) is 4.79 Å². The number of nitrogens with one attached hydrogen (secondary N) is 1. The average Bonchev–Trinajstić information content (AvgIpc) is 3.09. The molecular formula is C18H15ClN2O4. The van der Waals surface area contributed by atoms with Gasteiger partial charge in [0.15, 0.2) is 5.76 Å². The summed E-state index contributed by atoms with van der Waals surface area (Å²) in [5.74, 6) is 1.18. The van der Waals surface area contributed by atoms with Crippen LogP contribution in [0, 0.1) is 0 Å². The Morgan fingerprint density at radius 2 is 1.88 bits per heavy atom. The first kappa shape index (κ1) is 16.9. The highest BCUT2D eigenvalue weighted by atomic mass is 35.5. The fourth-order valence-corrected chi connectivity index (χ4v) is 2.29. The predicted molar refractivity (Wildman–Crippen MR) is 92.6 cm³/mol. The summed E-state index contributed by atoms with van der Waals surface area (Å²) < 4.78 is 10.8. The fourth-order valence-electron chi connectivity index (χ4n) is 2.16. The smallest absolute Gasteiger partial charge is 0.405 e. The quantitative estimate of drug-likeness (QED) is 0.684. The number of carbonyl (C=O) groups is 1. The zero-order valence-corrected chi connectivity index (χ0v) is 13.9. The van der Waals surface area contributed by atoms with Gasteiger partial charge in [-0.15, -0.1) is 0 Å². The molecule has 0 atom stereocenters. The molecule has 0 aliphatic heterocycles. The number of halogens is 1. The second-order valence-corrected chi connectivity index (χ2v) is 5.71. The van der Waals surface area contributed by atoms with Crippen LogP contribution >= 0.6 is 11.6 Å². The molecule has 2 N–H and O–H groups in total. The van der Waals surface area contributed by atoms with Gasteiger partial charge in [-0.1, -0.05) is 28.9 Å². The van der Waals surface area contributed by atoms with Gasteiger partial charge in [-0.25, -0.2) is 4.79 Å². The molecule has 25 heavy (non-hydrogen) atoms. The summed E-state index contributed by atoms with van der Waals surface area (Å²) in [6.07, 6.45) is -1.11. The number of rotatable bonds is 6. The van der Waals surface area contributed by atoms with E-state index in [0.717, 1.165) is 16.9 Å². The van der Waals surface area contributed by atoms with Crippen molar-refractivity contribution in [1.82, 2.24) is 10.5 Å². The molecule has 0 aliphatic carbocycles. The number of nitrogens with zero attached hydrogens (tertiary/aromatic N) is 1. The van der Waals surface area contributed by atoms with Crippen LogP contribution in [-0.4, -0.2) is 16.4 Å². The van der Waals surface area contributed by atoms with Crippen molar-refractivity contribution in [2.75, 3.05) is 0 Å². The van der Waals surface area contributed by atoms with Crippen LogP contribution in [0.5, 0.6) is 5.75 Å². The van der Waals surface area contributed by atoms with Crippen molar-refractivity contribution in [1.29, 1.82) is 0 Å². The van der Waals surface area contributed by atoms with Gasteiger partial charge in [0.2, 0.25) is 0 Å². The number of carboxylic acid groups (broad SMARTS) is 1. The summed E-state index contributed by atoms with van der Waals surface area (Å²) in [4.78, 5) is 10.5. The zero-order valence-electron chi connectivity index (χ0n) is 13.1. The van der Waals surface area contributed by atoms with E-state index < -0.39 is 6.09 Å². The Morgan fingerprint density at radius 1 is 1.16 bits per heavy atom. The van der Waals surface area contributed by atoms with Crippen LogP contribution < -0.4 is 10.1 Å². The number of aromatic nitrogens is 1. The minimum Gasteiger partial charge on any atom is -0.489 e. The topological polar surface area (TPSA) is 84.6 Å². The third-order valence-electron chi connectivity index (χ3n) is 3.44. The number of hydrogen-bond acceptors (Lipinski definition) is 4. The van der Waals surface area contributed by atoms with E-state index in [2.05, 4.69) is 10.5 Å². The Bertz CT molecular complexity index is 844. The maximum Gasteiger partial charge on any atom is 0.405 e. The molecule has 7 heteroatoms. The van der Waals surface area contributed by atoms with Crippen molar-refractivity contribution in [3.8, 4) is 17.0 Å². The lowest BCUT2D eigenvalue weighted by Gasteiger charge is -2.07. The van der Waals surface area contributed by atoms with Gasteiger partial charge in [0.1, 0.15) is 18.1 Å². The van der Waals surface area contributed by atoms with E-state index in [1.165, 1.54) is 0 Å². The van der Waals surface area contributed by atoms with Gasteiger partial charge in [-0.05, 0) is 42.0 Å². The first-order valence-electron chi connectivity index (χ1n) is 7.50. The maximum atomic E-state index is 10.5. The van der Waals surface area contributed by atoms with E-state index in [-0.39, 0.29) is 6.54 Å². The Labute approximate surface area is 149 Å². The molecular weight excluding hydrogens is 344 g/mol. The molecule has 0 radical (unpaired) electrons. The summed E-state index contributed by atoms with van der Waals surface area (Å²) in [5.41, 5.74) is 2.51. The molecule has 0 saturated carbocycles. The van der Waals surface area contributed by atoms with Crippen molar-refractivity contribution in [3.63, 3.8) is 0 Å². The van der Waals surface area contributed by atoms with Crippen LogP contribution in [-0.2, 0) is 13.2 Å². The highest BCUT2D eigenvalue weighted by Gasteiger charge is 2.08. The lowest BCUT2D eigenvalue weighted by molar-refractivity contribution is 0.192. The molecule has 1 aromatic heterocycles. The van der Waals surface area contributed by atoms with E-state index in [0.29, 0.717) is 23.1 Å². The van der Waals surface area contributed by atoms with Crippen molar-refractivity contribution in [3.05, 3.63) is 70.9 Å². The third-order valence-corrected chi connectivity index (χ3v) is 3.69. The van der Waals surface area contributed by atoms with Crippen LogP contribution in [0.2, 0.25) is 5.02 Å². The van der Waals surface area contributed by atoms with Crippen molar-refractivity contribution in [2.45, 2.75) is 13.2 Å². The van der Waals surface area contributed by atoms with Crippen LogP contribution in [0.15, 0.2) is 59.1 Å². The van der Waals surface area contributed by atoms with Crippen LogP contribution in [0.25, 0.3) is 11.3 Å². The Morgan fingerprint density at radius 3 is 2.56 bits per heavy atom. The molecule has 2 aromatic carbocycles. The van der Waals surface area contributed by atoms with Crippen molar-refractivity contribution >= 4 is 17.7 Å². The second kappa shape index (κ2) is 7.72. The zero-order chi connectivity index (χ0) is 17.6. The van der Waals surface area contributed by atoms with E-state index in [4.69, 9.17) is 26.0 Å². The van der Waals surface area contributed by atoms with Gasteiger partial charge in [-0.3, -0.25) is 0 Å². The number of amides is 1. The standard InChI is InChI=1S/C18H15ClN2O4/c19-14-5-1-12(2-6-14)11-24-15-7-3-13(4-8-15)17-9-16(25-21-17)10-20-18(22)23/h1-9,20H,10-11H2,(H,22,23).